The van der Waals surface area contributed by atoms with Crippen molar-refractivity contribution < 1.29 is 0 Å². The highest BCUT2D eigenvalue weighted by Crippen LogP contribution is 2.46. The lowest BCUT2D eigenvalue weighted by atomic mass is 9.65. The molecule has 0 spiro atoms. The van der Waals surface area contributed by atoms with Crippen LogP contribution in [0.25, 0.3) is 0 Å². The molecule has 1 nitrogen and oxygen atoms in total. The van der Waals surface area contributed by atoms with Gasteiger partial charge in [-0.1, -0.05) is 63.9 Å². The van der Waals surface area contributed by atoms with Crippen molar-refractivity contribution in [1.82, 2.24) is 5.32 Å². The summed E-state index contributed by atoms with van der Waals surface area (Å²) >= 11 is 0. The highest BCUT2D eigenvalue weighted by atomic mass is 14.9. The highest BCUT2D eigenvalue weighted by molar-refractivity contribution is 5.20. The van der Waals surface area contributed by atoms with Gasteiger partial charge in [-0.3, -0.25) is 0 Å². The monoisotopic (exact) mass is 245 g/mol. The van der Waals surface area contributed by atoms with Crippen LogP contribution >= 0.6 is 0 Å². The van der Waals surface area contributed by atoms with Crippen molar-refractivity contribution in [3.63, 3.8) is 0 Å². The van der Waals surface area contributed by atoms with E-state index in [-0.39, 0.29) is 0 Å². The number of rotatable bonds is 4. The zero-order valence-corrected chi connectivity index (χ0v) is 12.1. The maximum atomic E-state index is 3.72. The van der Waals surface area contributed by atoms with Gasteiger partial charge in [0.15, 0.2) is 0 Å². The van der Waals surface area contributed by atoms with E-state index in [1.807, 2.05) is 0 Å². The molecule has 0 saturated heterocycles. The van der Waals surface area contributed by atoms with E-state index in [9.17, 15) is 0 Å². The van der Waals surface area contributed by atoms with E-state index >= 15 is 0 Å². The first-order chi connectivity index (χ1) is 8.65. The molecule has 0 radical (unpaired) electrons. The van der Waals surface area contributed by atoms with Crippen molar-refractivity contribution in [2.45, 2.75) is 52.5 Å². The Bertz CT molecular complexity index is 355. The standard InChI is InChI=1S/C17H27N/c1-4-18-16(14-10-6-5-7-11-14)15-12-8-9-13-17(15,2)3/h5-7,10-11,15-16,18H,4,8-9,12-13H2,1-3H3. The van der Waals surface area contributed by atoms with Crippen LogP contribution < -0.4 is 5.32 Å². The molecule has 100 valence electrons. The van der Waals surface area contributed by atoms with Gasteiger partial charge in [-0.15, -0.1) is 0 Å². The van der Waals surface area contributed by atoms with Crippen LogP contribution in [0, 0.1) is 11.3 Å². The maximum Gasteiger partial charge on any atom is 0.0353 e. The Hall–Kier alpha value is -0.820. The molecule has 2 atom stereocenters. The normalized spacial score (nSPS) is 24.7. The summed E-state index contributed by atoms with van der Waals surface area (Å²) in [5, 5.41) is 3.72. The van der Waals surface area contributed by atoms with Crippen LogP contribution in [-0.2, 0) is 0 Å². The predicted molar refractivity (Wildman–Crippen MR) is 78.6 cm³/mol. The molecule has 1 aliphatic carbocycles. The first-order valence-corrected chi connectivity index (χ1v) is 7.43. The minimum absolute atomic E-state index is 0.459. The second-order valence-corrected chi connectivity index (χ2v) is 6.29. The van der Waals surface area contributed by atoms with Gasteiger partial charge in [-0.05, 0) is 36.3 Å². The van der Waals surface area contributed by atoms with Gasteiger partial charge < -0.3 is 5.32 Å². The molecule has 0 bridgehead atoms. The van der Waals surface area contributed by atoms with Crippen LogP contribution in [0.2, 0.25) is 0 Å². The number of hydrogen-bond donors (Lipinski definition) is 1. The van der Waals surface area contributed by atoms with Crippen molar-refractivity contribution in [3.05, 3.63) is 35.9 Å². The number of hydrogen-bond acceptors (Lipinski definition) is 1. The van der Waals surface area contributed by atoms with E-state index in [0.717, 1.165) is 12.5 Å². The average Bonchev–Trinajstić information content (AvgIpc) is 2.37. The average molecular weight is 245 g/mol. The molecule has 1 heteroatoms. The minimum atomic E-state index is 0.459. The topological polar surface area (TPSA) is 12.0 Å². The van der Waals surface area contributed by atoms with Gasteiger partial charge in [-0.2, -0.15) is 0 Å². The smallest absolute Gasteiger partial charge is 0.0353 e. The summed E-state index contributed by atoms with van der Waals surface area (Å²) in [5.41, 5.74) is 1.92. The van der Waals surface area contributed by atoms with E-state index < -0.39 is 0 Å². The number of benzene rings is 1. The van der Waals surface area contributed by atoms with Crippen LogP contribution in [-0.4, -0.2) is 6.54 Å². The molecular formula is C17H27N. The fraction of sp³-hybridized carbons (Fsp3) is 0.647. The Labute approximate surface area is 112 Å². The molecule has 1 aliphatic rings. The Morgan fingerprint density at radius 1 is 1.22 bits per heavy atom. The van der Waals surface area contributed by atoms with Crippen molar-refractivity contribution in [2.75, 3.05) is 6.54 Å². The fourth-order valence-electron chi connectivity index (χ4n) is 3.51. The van der Waals surface area contributed by atoms with E-state index in [1.165, 1.54) is 31.2 Å². The van der Waals surface area contributed by atoms with Crippen molar-refractivity contribution in [3.8, 4) is 0 Å². The summed E-state index contributed by atoms with van der Waals surface area (Å²) in [6, 6.07) is 11.5. The van der Waals surface area contributed by atoms with Crippen LogP contribution in [0.15, 0.2) is 30.3 Å². The highest BCUT2D eigenvalue weighted by Gasteiger charge is 2.37. The zero-order valence-electron chi connectivity index (χ0n) is 12.1. The Morgan fingerprint density at radius 3 is 2.56 bits per heavy atom. The molecule has 1 aromatic rings. The first kappa shape index (κ1) is 13.6. The second-order valence-electron chi connectivity index (χ2n) is 6.29. The lowest BCUT2D eigenvalue weighted by Gasteiger charge is -2.43. The molecule has 2 rings (SSSR count). The van der Waals surface area contributed by atoms with Gasteiger partial charge in [0.25, 0.3) is 0 Å². The Morgan fingerprint density at radius 2 is 1.94 bits per heavy atom. The molecule has 18 heavy (non-hydrogen) atoms. The molecule has 2 unspecified atom stereocenters. The summed E-state index contributed by atoms with van der Waals surface area (Å²) in [6.07, 6.45) is 5.52. The first-order valence-electron chi connectivity index (χ1n) is 7.43. The van der Waals surface area contributed by atoms with Gasteiger partial charge in [0.1, 0.15) is 0 Å². The van der Waals surface area contributed by atoms with E-state index in [4.69, 9.17) is 0 Å². The summed E-state index contributed by atoms with van der Waals surface area (Å²) in [4.78, 5) is 0. The van der Waals surface area contributed by atoms with Gasteiger partial charge in [0.05, 0.1) is 0 Å². The van der Waals surface area contributed by atoms with Crippen LogP contribution in [0.1, 0.15) is 58.1 Å². The van der Waals surface area contributed by atoms with Crippen molar-refractivity contribution in [1.29, 1.82) is 0 Å². The zero-order chi connectivity index (χ0) is 13.0. The molecule has 0 aromatic heterocycles. The van der Waals surface area contributed by atoms with Gasteiger partial charge in [0.2, 0.25) is 0 Å². The summed E-state index contributed by atoms with van der Waals surface area (Å²) in [5.74, 6) is 0.758. The third-order valence-corrected chi connectivity index (χ3v) is 4.58. The second kappa shape index (κ2) is 5.88. The van der Waals surface area contributed by atoms with E-state index in [2.05, 4.69) is 56.4 Å². The SMILES string of the molecule is CCNC(c1ccccc1)C1CCCCC1(C)C. The maximum absolute atomic E-state index is 3.72. The Kier molecular flexibility index (Phi) is 4.45. The van der Waals surface area contributed by atoms with Crippen LogP contribution in [0.4, 0.5) is 0 Å². The molecule has 0 heterocycles. The van der Waals surface area contributed by atoms with Crippen LogP contribution in [0.3, 0.4) is 0 Å². The largest absolute Gasteiger partial charge is 0.310 e. The summed E-state index contributed by atoms with van der Waals surface area (Å²) in [6.45, 7) is 8.16. The number of nitrogens with one attached hydrogen (secondary N) is 1. The van der Waals surface area contributed by atoms with Gasteiger partial charge in [0, 0.05) is 6.04 Å². The molecule has 1 aromatic carbocycles. The van der Waals surface area contributed by atoms with Gasteiger partial charge in [-0.25, -0.2) is 0 Å². The molecular weight excluding hydrogens is 218 g/mol. The predicted octanol–water partition coefficient (Wildman–Crippen LogP) is 4.55. The van der Waals surface area contributed by atoms with E-state index in [0.29, 0.717) is 11.5 Å². The molecule has 0 amide bonds. The third kappa shape index (κ3) is 2.95. The van der Waals surface area contributed by atoms with Crippen molar-refractivity contribution >= 4 is 0 Å². The molecule has 0 aliphatic heterocycles. The Balaban J connectivity index is 2.24. The molecule has 1 N–H and O–H groups in total. The van der Waals surface area contributed by atoms with Crippen LogP contribution in [0.5, 0.6) is 0 Å². The van der Waals surface area contributed by atoms with Gasteiger partial charge >= 0.3 is 0 Å². The summed E-state index contributed by atoms with van der Waals surface area (Å²) in [7, 11) is 0. The van der Waals surface area contributed by atoms with E-state index in [1.54, 1.807) is 0 Å². The lowest BCUT2D eigenvalue weighted by Crippen LogP contribution is -2.39. The fourth-order valence-corrected chi connectivity index (χ4v) is 3.51. The molecule has 1 fully saturated rings. The summed E-state index contributed by atoms with van der Waals surface area (Å²) < 4.78 is 0. The quantitative estimate of drug-likeness (QED) is 0.820. The molecule has 1 saturated carbocycles. The minimum Gasteiger partial charge on any atom is -0.310 e. The van der Waals surface area contributed by atoms with Crippen molar-refractivity contribution in [2.24, 2.45) is 11.3 Å². The third-order valence-electron chi connectivity index (χ3n) is 4.58. The lowest BCUT2D eigenvalue weighted by molar-refractivity contribution is 0.0988.